The Labute approximate surface area is 155 Å². The van der Waals surface area contributed by atoms with Gasteiger partial charge in [-0.05, 0) is 73.3 Å². The molecule has 3 rings (SSSR count). The molecule has 0 saturated carbocycles. The zero-order valence-electron chi connectivity index (χ0n) is 11.1. The molecule has 0 fully saturated rings. The summed E-state index contributed by atoms with van der Waals surface area (Å²) in [4.78, 5) is 0. The Bertz CT molecular complexity index is 762. The van der Waals surface area contributed by atoms with E-state index in [-0.39, 0.29) is 0 Å². The first-order chi connectivity index (χ1) is 10.5. The lowest BCUT2D eigenvalue weighted by Crippen LogP contribution is -2.26. The molecule has 0 heterocycles. The highest BCUT2D eigenvalue weighted by atomic mass is 79.9. The van der Waals surface area contributed by atoms with E-state index in [1.54, 1.807) is 18.2 Å². The molecule has 0 aliphatic heterocycles. The van der Waals surface area contributed by atoms with Gasteiger partial charge in [-0.2, -0.15) is 0 Å². The second-order valence-corrected chi connectivity index (χ2v) is 7.33. The minimum Gasteiger partial charge on any atom is -0.482 e. The average molecular weight is 465 g/mol. The molecule has 0 spiro atoms. The quantitative estimate of drug-likeness (QED) is 0.588. The van der Waals surface area contributed by atoms with Gasteiger partial charge < -0.3 is 9.84 Å². The third kappa shape index (κ3) is 3.08. The predicted molar refractivity (Wildman–Crippen MR) is 96.7 cm³/mol. The Balaban J connectivity index is 1.92. The topological polar surface area (TPSA) is 29.5 Å². The van der Waals surface area contributed by atoms with Crippen LogP contribution in [0.1, 0.15) is 17.2 Å². The first-order valence-corrected chi connectivity index (χ1v) is 8.77. The van der Waals surface area contributed by atoms with E-state index in [0.717, 1.165) is 20.1 Å². The third-order valence-electron chi connectivity index (χ3n) is 3.40. The molecule has 0 bridgehead atoms. The molecule has 1 aliphatic rings. The smallest absolute Gasteiger partial charge is 0.147 e. The molecular formula is C16H10Br2Cl2O2. The molecule has 6 heteroatoms. The second-order valence-electron chi connectivity index (χ2n) is 4.83. The van der Waals surface area contributed by atoms with Crippen molar-refractivity contribution in [1.82, 2.24) is 0 Å². The summed E-state index contributed by atoms with van der Waals surface area (Å²) in [6.07, 6.45) is 2.41. The number of rotatable bonds is 2. The van der Waals surface area contributed by atoms with E-state index < -0.39 is 12.2 Å². The average Bonchev–Trinajstić information content (AvgIpc) is 2.49. The molecule has 0 radical (unpaired) electrons. The summed E-state index contributed by atoms with van der Waals surface area (Å²) in [7, 11) is 0. The van der Waals surface area contributed by atoms with Crippen LogP contribution < -0.4 is 4.74 Å². The Morgan fingerprint density at radius 3 is 2.59 bits per heavy atom. The molecule has 0 aromatic heterocycles. The second kappa shape index (κ2) is 6.54. The fourth-order valence-electron chi connectivity index (χ4n) is 2.28. The maximum absolute atomic E-state index is 10.6. The summed E-state index contributed by atoms with van der Waals surface area (Å²) in [5, 5.41) is 11.3. The van der Waals surface area contributed by atoms with Gasteiger partial charge >= 0.3 is 0 Å². The molecule has 2 aromatic rings. The van der Waals surface area contributed by atoms with Crippen LogP contribution in [0.3, 0.4) is 0 Å². The van der Waals surface area contributed by atoms with Crippen LogP contribution in [0.15, 0.2) is 45.4 Å². The van der Waals surface area contributed by atoms with Gasteiger partial charge in [-0.15, -0.1) is 0 Å². The Kier molecular flexibility index (Phi) is 4.86. The normalized spacial score (nSPS) is 19.9. The zero-order valence-corrected chi connectivity index (χ0v) is 15.7. The van der Waals surface area contributed by atoms with E-state index in [2.05, 4.69) is 31.9 Å². The maximum Gasteiger partial charge on any atom is 0.147 e. The lowest BCUT2D eigenvalue weighted by Gasteiger charge is -2.27. The van der Waals surface area contributed by atoms with Gasteiger partial charge in [0, 0.05) is 8.95 Å². The standard InChI is InChI=1S/C16H10Br2Cl2O2/c17-10-6-8-4-5-14(16(21)9(8)7-11(10)18)22-13-3-1-2-12(19)15(13)20/h1-7,14,16,21H/t14-,16-/m0/s1. The summed E-state index contributed by atoms with van der Waals surface area (Å²) in [5.74, 6) is 0.447. The molecule has 2 nitrogen and oxygen atoms in total. The summed E-state index contributed by atoms with van der Waals surface area (Å²) in [6, 6.07) is 8.99. The van der Waals surface area contributed by atoms with Crippen LogP contribution in [-0.2, 0) is 0 Å². The van der Waals surface area contributed by atoms with Crippen molar-refractivity contribution in [1.29, 1.82) is 0 Å². The van der Waals surface area contributed by atoms with Crippen molar-refractivity contribution in [2.24, 2.45) is 0 Å². The van der Waals surface area contributed by atoms with Gasteiger partial charge in [-0.25, -0.2) is 0 Å². The zero-order chi connectivity index (χ0) is 15.9. The molecule has 0 unspecified atom stereocenters. The Hall–Kier alpha value is -0.520. The fourth-order valence-corrected chi connectivity index (χ4v) is 3.34. The molecule has 0 amide bonds. The van der Waals surface area contributed by atoms with Crippen LogP contribution in [-0.4, -0.2) is 11.2 Å². The number of fused-ring (bicyclic) bond motifs is 1. The Morgan fingerprint density at radius 2 is 1.82 bits per heavy atom. The van der Waals surface area contributed by atoms with Crippen molar-refractivity contribution in [3.63, 3.8) is 0 Å². The van der Waals surface area contributed by atoms with Crippen molar-refractivity contribution >= 4 is 61.1 Å². The number of halogens is 4. The molecule has 0 saturated heterocycles. The number of aliphatic hydroxyl groups is 1. The minimum absolute atomic E-state index is 0.340. The van der Waals surface area contributed by atoms with Gasteiger partial charge in [0.1, 0.15) is 23.0 Å². The van der Waals surface area contributed by atoms with E-state index in [4.69, 9.17) is 27.9 Å². The van der Waals surface area contributed by atoms with E-state index in [1.165, 1.54) is 0 Å². The predicted octanol–water partition coefficient (Wildman–Crippen LogP) is 6.03. The highest BCUT2D eigenvalue weighted by Crippen LogP contribution is 2.38. The van der Waals surface area contributed by atoms with Crippen molar-refractivity contribution < 1.29 is 9.84 Å². The van der Waals surface area contributed by atoms with Crippen LogP contribution in [0, 0.1) is 0 Å². The maximum atomic E-state index is 10.6. The highest BCUT2D eigenvalue weighted by molar-refractivity contribution is 9.13. The summed E-state index contributed by atoms with van der Waals surface area (Å²) in [5.41, 5.74) is 1.74. The van der Waals surface area contributed by atoms with Gasteiger partial charge in [0.2, 0.25) is 0 Å². The van der Waals surface area contributed by atoms with Gasteiger partial charge in [0.25, 0.3) is 0 Å². The van der Waals surface area contributed by atoms with E-state index >= 15 is 0 Å². The fraction of sp³-hybridized carbons (Fsp3) is 0.125. The van der Waals surface area contributed by atoms with Crippen molar-refractivity contribution in [3.8, 4) is 5.75 Å². The molecule has 2 atom stereocenters. The number of hydrogen-bond acceptors (Lipinski definition) is 2. The summed E-state index contributed by atoms with van der Waals surface area (Å²) < 4.78 is 7.63. The van der Waals surface area contributed by atoms with Crippen LogP contribution in [0.2, 0.25) is 10.0 Å². The van der Waals surface area contributed by atoms with Crippen molar-refractivity contribution in [3.05, 3.63) is 66.5 Å². The van der Waals surface area contributed by atoms with Gasteiger partial charge in [-0.3, -0.25) is 0 Å². The minimum atomic E-state index is -0.792. The molecule has 1 N–H and O–H groups in total. The largest absolute Gasteiger partial charge is 0.482 e. The number of ether oxygens (including phenoxy) is 1. The molecule has 22 heavy (non-hydrogen) atoms. The molecule has 1 aliphatic carbocycles. The summed E-state index contributed by atoms with van der Waals surface area (Å²) in [6.45, 7) is 0. The summed E-state index contributed by atoms with van der Waals surface area (Å²) >= 11 is 19.0. The monoisotopic (exact) mass is 462 g/mol. The van der Waals surface area contributed by atoms with Crippen LogP contribution in [0.4, 0.5) is 0 Å². The lowest BCUT2D eigenvalue weighted by atomic mass is 9.93. The van der Waals surface area contributed by atoms with Gasteiger partial charge in [0.05, 0.1) is 5.02 Å². The number of aliphatic hydroxyl groups excluding tert-OH is 1. The molecular weight excluding hydrogens is 455 g/mol. The first kappa shape index (κ1) is 16.3. The van der Waals surface area contributed by atoms with Crippen LogP contribution in [0.25, 0.3) is 6.08 Å². The van der Waals surface area contributed by atoms with Crippen molar-refractivity contribution in [2.75, 3.05) is 0 Å². The molecule has 2 aromatic carbocycles. The SMILES string of the molecule is O[C@H]1c2cc(Br)c(Br)cc2C=C[C@@H]1Oc1cccc(Cl)c1Cl. The number of hydrogen-bond donors (Lipinski definition) is 1. The van der Waals surface area contributed by atoms with Crippen LogP contribution >= 0.6 is 55.1 Å². The van der Waals surface area contributed by atoms with Gasteiger partial charge in [-0.1, -0.05) is 35.3 Å². The van der Waals surface area contributed by atoms with Crippen molar-refractivity contribution in [2.45, 2.75) is 12.2 Å². The van der Waals surface area contributed by atoms with E-state index in [0.29, 0.717) is 15.8 Å². The van der Waals surface area contributed by atoms with Crippen LogP contribution in [0.5, 0.6) is 5.75 Å². The van der Waals surface area contributed by atoms with Gasteiger partial charge in [0.15, 0.2) is 0 Å². The van der Waals surface area contributed by atoms with E-state index in [1.807, 2.05) is 24.3 Å². The number of benzene rings is 2. The highest BCUT2D eigenvalue weighted by Gasteiger charge is 2.27. The molecule has 114 valence electrons. The first-order valence-electron chi connectivity index (χ1n) is 6.43. The Morgan fingerprint density at radius 1 is 1.09 bits per heavy atom. The lowest BCUT2D eigenvalue weighted by molar-refractivity contribution is 0.0623. The van der Waals surface area contributed by atoms with E-state index in [9.17, 15) is 5.11 Å². The third-order valence-corrected chi connectivity index (χ3v) is 6.05.